The van der Waals surface area contributed by atoms with Crippen LogP contribution in [0.5, 0.6) is 0 Å². The van der Waals surface area contributed by atoms with E-state index in [2.05, 4.69) is 5.32 Å². The van der Waals surface area contributed by atoms with Crippen molar-refractivity contribution in [2.75, 3.05) is 26.2 Å². The molecule has 21 heavy (non-hydrogen) atoms. The number of urea groups is 1. The molecule has 0 radical (unpaired) electrons. The minimum atomic E-state index is -0.844. The Labute approximate surface area is 124 Å². The van der Waals surface area contributed by atoms with E-state index in [1.807, 2.05) is 13.8 Å². The molecule has 2 N–H and O–H groups in total. The van der Waals surface area contributed by atoms with Crippen molar-refractivity contribution >= 4 is 17.9 Å². The van der Waals surface area contributed by atoms with Gasteiger partial charge < -0.3 is 20.2 Å². The summed E-state index contributed by atoms with van der Waals surface area (Å²) in [5, 5.41) is 12.2. The summed E-state index contributed by atoms with van der Waals surface area (Å²) in [6, 6.07) is -0.666. The number of likely N-dealkylation sites (tertiary alicyclic amines) is 1. The van der Waals surface area contributed by atoms with Crippen LogP contribution in [0.4, 0.5) is 4.79 Å². The van der Waals surface area contributed by atoms with Gasteiger partial charge in [-0.25, -0.2) is 4.79 Å². The van der Waals surface area contributed by atoms with Crippen LogP contribution in [-0.2, 0) is 9.59 Å². The Kier molecular flexibility index (Phi) is 4.39. The topological polar surface area (TPSA) is 90.0 Å². The van der Waals surface area contributed by atoms with Crippen molar-refractivity contribution in [3.05, 3.63) is 0 Å². The van der Waals surface area contributed by atoms with Crippen molar-refractivity contribution < 1.29 is 19.5 Å². The Morgan fingerprint density at radius 3 is 2.62 bits per heavy atom. The zero-order valence-electron chi connectivity index (χ0n) is 12.6. The molecule has 118 valence electrons. The molecular formula is C14H23N3O4. The second-order valence-electron chi connectivity index (χ2n) is 5.80. The number of hydrogen-bond donors (Lipinski definition) is 2. The van der Waals surface area contributed by atoms with Crippen molar-refractivity contribution in [1.29, 1.82) is 0 Å². The molecule has 2 rings (SSSR count). The fourth-order valence-electron chi connectivity index (χ4n) is 3.18. The number of amides is 3. The maximum Gasteiger partial charge on any atom is 0.320 e. The van der Waals surface area contributed by atoms with Crippen LogP contribution >= 0.6 is 0 Å². The molecule has 3 amide bonds. The normalized spacial score (nSPS) is 29.4. The van der Waals surface area contributed by atoms with Crippen molar-refractivity contribution in [2.45, 2.75) is 39.2 Å². The molecule has 7 nitrogen and oxygen atoms in total. The van der Waals surface area contributed by atoms with Gasteiger partial charge in [-0.05, 0) is 19.3 Å². The zero-order chi connectivity index (χ0) is 15.6. The van der Waals surface area contributed by atoms with Crippen LogP contribution in [0, 0.1) is 5.41 Å². The van der Waals surface area contributed by atoms with Gasteiger partial charge in [0.15, 0.2) is 0 Å². The predicted octanol–water partition coefficient (Wildman–Crippen LogP) is 0.504. The third-order valence-electron chi connectivity index (χ3n) is 4.72. The summed E-state index contributed by atoms with van der Waals surface area (Å²) < 4.78 is 0. The van der Waals surface area contributed by atoms with Gasteiger partial charge in [0, 0.05) is 26.2 Å². The first-order chi connectivity index (χ1) is 9.95. The third-order valence-corrected chi connectivity index (χ3v) is 4.72. The molecule has 0 bridgehead atoms. The average Bonchev–Trinajstić information content (AvgIpc) is 2.92. The number of rotatable bonds is 3. The van der Waals surface area contributed by atoms with Gasteiger partial charge in [0.05, 0.1) is 5.41 Å². The fraction of sp³-hybridized carbons (Fsp3) is 0.786. The molecule has 0 aromatic heterocycles. The third kappa shape index (κ3) is 2.69. The first-order valence-corrected chi connectivity index (χ1v) is 7.52. The second-order valence-corrected chi connectivity index (χ2v) is 5.80. The highest BCUT2D eigenvalue weighted by molar-refractivity contribution is 5.88. The maximum absolute atomic E-state index is 12.6. The zero-order valence-corrected chi connectivity index (χ0v) is 12.6. The summed E-state index contributed by atoms with van der Waals surface area (Å²) >= 11 is 0. The van der Waals surface area contributed by atoms with Gasteiger partial charge in [0.2, 0.25) is 5.91 Å². The SMILES string of the molecule is CCC1C(=O)NCCN1C(=O)N1CCC(CC)(C(=O)O)C1. The number of carbonyl (C=O) groups is 3. The highest BCUT2D eigenvalue weighted by atomic mass is 16.4. The van der Waals surface area contributed by atoms with E-state index in [9.17, 15) is 19.5 Å². The fourth-order valence-corrected chi connectivity index (χ4v) is 3.18. The molecule has 0 aromatic carbocycles. The summed E-state index contributed by atoms with van der Waals surface area (Å²) in [4.78, 5) is 39.1. The Balaban J connectivity index is 2.10. The lowest BCUT2D eigenvalue weighted by Crippen LogP contribution is -2.59. The molecule has 2 aliphatic rings. The van der Waals surface area contributed by atoms with Crippen LogP contribution in [0.3, 0.4) is 0 Å². The molecule has 2 aliphatic heterocycles. The number of nitrogens with one attached hydrogen (secondary N) is 1. The molecule has 2 fully saturated rings. The van der Waals surface area contributed by atoms with Gasteiger partial charge in [-0.3, -0.25) is 9.59 Å². The second kappa shape index (κ2) is 5.91. The lowest BCUT2D eigenvalue weighted by atomic mass is 9.84. The minimum absolute atomic E-state index is 0.128. The monoisotopic (exact) mass is 297 g/mol. The summed E-state index contributed by atoms with van der Waals surface area (Å²) in [7, 11) is 0. The summed E-state index contributed by atoms with van der Waals surface area (Å²) in [5.41, 5.74) is -0.838. The predicted molar refractivity (Wildman–Crippen MR) is 75.7 cm³/mol. The van der Waals surface area contributed by atoms with E-state index in [0.717, 1.165) is 0 Å². The maximum atomic E-state index is 12.6. The largest absolute Gasteiger partial charge is 0.481 e. The first-order valence-electron chi connectivity index (χ1n) is 7.52. The van der Waals surface area contributed by atoms with Gasteiger partial charge in [-0.1, -0.05) is 13.8 Å². The highest BCUT2D eigenvalue weighted by Gasteiger charge is 2.46. The van der Waals surface area contributed by atoms with Gasteiger partial charge in [-0.2, -0.15) is 0 Å². The van der Waals surface area contributed by atoms with Crippen molar-refractivity contribution in [3.8, 4) is 0 Å². The summed E-state index contributed by atoms with van der Waals surface area (Å²) in [5.74, 6) is -0.972. The number of aliphatic carboxylic acids is 1. The summed E-state index contributed by atoms with van der Waals surface area (Å²) in [6.45, 7) is 5.30. The van der Waals surface area contributed by atoms with Crippen LogP contribution in [0.25, 0.3) is 0 Å². The molecule has 0 saturated carbocycles. The number of hydrogen-bond acceptors (Lipinski definition) is 3. The van der Waals surface area contributed by atoms with E-state index in [-0.39, 0.29) is 18.5 Å². The number of nitrogens with zero attached hydrogens (tertiary/aromatic N) is 2. The molecule has 2 atom stereocenters. The Hall–Kier alpha value is -1.79. The molecule has 2 heterocycles. The average molecular weight is 297 g/mol. The van der Waals surface area contributed by atoms with Gasteiger partial charge in [-0.15, -0.1) is 0 Å². The number of carbonyl (C=O) groups excluding carboxylic acids is 2. The smallest absolute Gasteiger partial charge is 0.320 e. The van der Waals surface area contributed by atoms with Gasteiger partial charge >= 0.3 is 12.0 Å². The van der Waals surface area contributed by atoms with Crippen molar-refractivity contribution in [3.63, 3.8) is 0 Å². The van der Waals surface area contributed by atoms with Crippen LogP contribution in [-0.4, -0.2) is 65.0 Å². The number of carboxylic acid groups (broad SMARTS) is 1. The number of piperazine rings is 1. The first kappa shape index (κ1) is 15.6. The van der Waals surface area contributed by atoms with E-state index >= 15 is 0 Å². The Morgan fingerprint density at radius 1 is 1.38 bits per heavy atom. The van der Waals surface area contributed by atoms with Crippen LogP contribution in [0.1, 0.15) is 33.1 Å². The standard InChI is InChI=1S/C14H23N3O4/c1-3-10-11(18)15-6-8-17(10)13(21)16-7-5-14(4-2,9-16)12(19)20/h10H,3-9H2,1-2H3,(H,15,18)(H,19,20). The Bertz CT molecular complexity index is 454. The lowest BCUT2D eigenvalue weighted by Gasteiger charge is -2.37. The highest BCUT2D eigenvalue weighted by Crippen LogP contribution is 2.35. The molecule has 0 aromatic rings. The molecule has 2 unspecified atom stereocenters. The number of carboxylic acids is 1. The molecule has 2 saturated heterocycles. The Morgan fingerprint density at radius 2 is 2.10 bits per heavy atom. The molecule has 0 spiro atoms. The molecule has 0 aliphatic carbocycles. The van der Waals surface area contributed by atoms with Crippen LogP contribution < -0.4 is 5.32 Å². The quantitative estimate of drug-likeness (QED) is 0.794. The van der Waals surface area contributed by atoms with Crippen molar-refractivity contribution in [2.24, 2.45) is 5.41 Å². The van der Waals surface area contributed by atoms with Crippen LogP contribution in [0.2, 0.25) is 0 Å². The lowest BCUT2D eigenvalue weighted by molar-refractivity contribution is -0.148. The van der Waals surface area contributed by atoms with Gasteiger partial charge in [0.1, 0.15) is 6.04 Å². The minimum Gasteiger partial charge on any atom is -0.481 e. The van der Waals surface area contributed by atoms with Crippen molar-refractivity contribution in [1.82, 2.24) is 15.1 Å². The molecule has 7 heteroatoms. The summed E-state index contributed by atoms with van der Waals surface area (Å²) in [6.07, 6.45) is 1.54. The van der Waals surface area contributed by atoms with Crippen LogP contribution in [0.15, 0.2) is 0 Å². The van der Waals surface area contributed by atoms with Gasteiger partial charge in [0.25, 0.3) is 0 Å². The van der Waals surface area contributed by atoms with E-state index in [0.29, 0.717) is 38.9 Å². The van der Waals surface area contributed by atoms with E-state index in [4.69, 9.17) is 0 Å². The molecular weight excluding hydrogens is 274 g/mol. The van der Waals surface area contributed by atoms with E-state index in [1.165, 1.54) is 0 Å². The van der Waals surface area contributed by atoms with E-state index < -0.39 is 17.4 Å². The van der Waals surface area contributed by atoms with E-state index in [1.54, 1.807) is 9.80 Å².